The van der Waals surface area contributed by atoms with Crippen LogP contribution in [0.3, 0.4) is 0 Å². The summed E-state index contributed by atoms with van der Waals surface area (Å²) >= 11 is 17.5. The van der Waals surface area contributed by atoms with E-state index < -0.39 is 6.04 Å². The fourth-order valence-electron chi connectivity index (χ4n) is 2.47. The lowest BCUT2D eigenvalue weighted by atomic mass is 10.0. The van der Waals surface area contributed by atoms with Gasteiger partial charge in [0.25, 0.3) is 6.04 Å². The Morgan fingerprint density at radius 2 is 1.88 bits per heavy atom. The zero-order valence-electron chi connectivity index (χ0n) is 13.6. The molecule has 3 aromatic rings. The first kappa shape index (κ1) is 18.6. The zero-order chi connectivity index (χ0) is 18.5. The van der Waals surface area contributed by atoms with Crippen LogP contribution in [0.5, 0.6) is 0 Å². The van der Waals surface area contributed by atoms with Crippen LogP contribution in [0.25, 0.3) is 0 Å². The van der Waals surface area contributed by atoms with Crippen molar-refractivity contribution in [1.29, 1.82) is 0 Å². The number of aromatic nitrogens is 1. The Kier molecular flexibility index (Phi) is 6.04. The third-order valence-corrected chi connectivity index (χ3v) is 4.86. The lowest BCUT2D eigenvalue weighted by Gasteiger charge is -2.14. The number of pyridine rings is 1. The van der Waals surface area contributed by atoms with Gasteiger partial charge in [-0.05, 0) is 30.3 Å². The van der Waals surface area contributed by atoms with Crippen LogP contribution in [-0.4, -0.2) is 10.8 Å². The molecule has 3 rings (SSSR count). The summed E-state index contributed by atoms with van der Waals surface area (Å²) in [6, 6.07) is 13.3. The van der Waals surface area contributed by atoms with E-state index in [2.05, 4.69) is 5.32 Å². The first-order valence-electron chi connectivity index (χ1n) is 7.81. The Labute approximate surface area is 166 Å². The van der Waals surface area contributed by atoms with Gasteiger partial charge >= 0.3 is 0 Å². The summed E-state index contributed by atoms with van der Waals surface area (Å²) in [7, 11) is 0. The molecule has 0 saturated carbocycles. The number of rotatable bonds is 6. The van der Waals surface area contributed by atoms with Crippen molar-refractivity contribution in [2.24, 2.45) is 0 Å². The number of carbonyl (C=O) groups is 1. The van der Waals surface area contributed by atoms with Crippen molar-refractivity contribution < 1.29 is 13.8 Å². The van der Waals surface area contributed by atoms with Gasteiger partial charge < -0.3 is 9.73 Å². The van der Waals surface area contributed by atoms with Crippen molar-refractivity contribution in [3.8, 4) is 0 Å². The first-order chi connectivity index (χ1) is 12.6. The third kappa shape index (κ3) is 4.30. The van der Waals surface area contributed by atoms with Crippen molar-refractivity contribution >= 4 is 46.2 Å². The van der Waals surface area contributed by atoms with E-state index in [9.17, 15) is 4.79 Å². The predicted molar refractivity (Wildman–Crippen MR) is 105 cm³/mol. The minimum atomic E-state index is -0.710. The number of nitrogens with one attached hydrogen (secondary N) is 1. The van der Waals surface area contributed by atoms with Gasteiger partial charge in [0.15, 0.2) is 17.4 Å². The first-order valence-corrected chi connectivity index (χ1v) is 8.98. The fraction of sp³-hybridized carbons (Fsp3) is 0.105. The molecule has 2 aromatic heterocycles. The van der Waals surface area contributed by atoms with E-state index in [4.69, 9.17) is 39.8 Å². The standard InChI is InChI=1S/C19H14Cl2N2O2S/c20-15-7-6-13(11-16(15)21)18(24)17(23-8-2-1-3-9-23)19(26)22-12-14-5-4-10-25-14/h1-11,17H,12H2/p+1/t17-/m1/s1. The molecule has 0 spiro atoms. The maximum absolute atomic E-state index is 13.1. The van der Waals surface area contributed by atoms with E-state index in [1.807, 2.05) is 24.3 Å². The highest BCUT2D eigenvalue weighted by atomic mass is 35.5. The summed E-state index contributed by atoms with van der Waals surface area (Å²) in [5, 5.41) is 3.81. The van der Waals surface area contributed by atoms with E-state index >= 15 is 0 Å². The quantitative estimate of drug-likeness (QED) is 0.374. The van der Waals surface area contributed by atoms with E-state index in [0.29, 0.717) is 27.1 Å². The summed E-state index contributed by atoms with van der Waals surface area (Å²) in [5.41, 5.74) is 0.433. The predicted octanol–water partition coefficient (Wildman–Crippen LogP) is 4.42. The van der Waals surface area contributed by atoms with Crippen molar-refractivity contribution in [3.05, 3.63) is 88.6 Å². The number of nitrogens with zero attached hydrogens (tertiary/aromatic N) is 1. The normalized spacial score (nSPS) is 11.8. The molecule has 0 aliphatic rings. The second-order valence-electron chi connectivity index (χ2n) is 5.52. The molecule has 0 saturated heterocycles. The van der Waals surface area contributed by atoms with Crippen LogP contribution < -0.4 is 9.88 Å². The van der Waals surface area contributed by atoms with Crippen LogP contribution in [0, 0.1) is 0 Å². The lowest BCUT2D eigenvalue weighted by Crippen LogP contribution is -2.51. The number of Topliss-reactive ketones (excluding diaryl/α,β-unsaturated/α-hetero) is 1. The Morgan fingerprint density at radius 3 is 2.54 bits per heavy atom. The third-order valence-electron chi connectivity index (χ3n) is 3.75. The van der Waals surface area contributed by atoms with Gasteiger partial charge in [0.1, 0.15) is 5.76 Å². The second kappa shape index (κ2) is 8.45. The molecule has 2 heterocycles. The number of ketones is 1. The highest BCUT2D eigenvalue weighted by Crippen LogP contribution is 2.24. The molecule has 4 nitrogen and oxygen atoms in total. The van der Waals surface area contributed by atoms with E-state index in [0.717, 1.165) is 5.76 Å². The number of carbonyl (C=O) groups excluding carboxylic acids is 1. The molecule has 0 radical (unpaired) electrons. The van der Waals surface area contributed by atoms with Gasteiger partial charge in [0.05, 0.1) is 22.9 Å². The Bertz CT molecular complexity index is 915. The molecule has 1 aromatic carbocycles. The molecule has 0 aliphatic heterocycles. The van der Waals surface area contributed by atoms with Gasteiger partial charge in [0.2, 0.25) is 5.78 Å². The van der Waals surface area contributed by atoms with Gasteiger partial charge in [0, 0.05) is 17.7 Å². The van der Waals surface area contributed by atoms with Gasteiger partial charge in [-0.3, -0.25) is 4.79 Å². The SMILES string of the molecule is O=C(c1ccc(Cl)c(Cl)c1)[C@H](C(=S)NCc1ccco1)[n+]1ccccc1. The molecule has 0 fully saturated rings. The maximum Gasteiger partial charge on any atom is 0.270 e. The number of furan rings is 1. The topological polar surface area (TPSA) is 46.1 Å². The van der Waals surface area contributed by atoms with Crippen molar-refractivity contribution in [2.45, 2.75) is 12.6 Å². The van der Waals surface area contributed by atoms with Crippen molar-refractivity contribution in [3.63, 3.8) is 0 Å². The lowest BCUT2D eigenvalue weighted by molar-refractivity contribution is -0.692. The molecule has 132 valence electrons. The number of benzene rings is 1. The molecule has 0 amide bonds. The molecule has 1 N–H and O–H groups in total. The molecular weight excluding hydrogens is 391 g/mol. The van der Waals surface area contributed by atoms with Gasteiger partial charge in [-0.1, -0.05) is 41.5 Å². The van der Waals surface area contributed by atoms with Crippen LogP contribution in [0.4, 0.5) is 0 Å². The second-order valence-corrected chi connectivity index (χ2v) is 6.77. The molecule has 0 unspecified atom stereocenters. The molecule has 1 atom stereocenters. The Morgan fingerprint density at radius 1 is 1.12 bits per heavy atom. The van der Waals surface area contributed by atoms with Crippen LogP contribution in [0.2, 0.25) is 10.0 Å². The highest BCUT2D eigenvalue weighted by molar-refractivity contribution is 7.80. The summed E-state index contributed by atoms with van der Waals surface area (Å²) in [5.74, 6) is 0.544. The molecule has 7 heteroatoms. The van der Waals surface area contributed by atoms with Gasteiger partial charge in [-0.15, -0.1) is 0 Å². The fourth-order valence-corrected chi connectivity index (χ4v) is 3.06. The van der Waals surface area contributed by atoms with Crippen molar-refractivity contribution in [1.82, 2.24) is 5.32 Å². The summed E-state index contributed by atoms with van der Waals surface area (Å²) in [4.78, 5) is 13.5. The Hall–Kier alpha value is -2.21. The van der Waals surface area contributed by atoms with Crippen LogP contribution in [0.15, 0.2) is 71.6 Å². The summed E-state index contributed by atoms with van der Waals surface area (Å²) in [6.45, 7) is 0.393. The van der Waals surface area contributed by atoms with Crippen molar-refractivity contribution in [2.75, 3.05) is 0 Å². The van der Waals surface area contributed by atoms with Crippen LogP contribution >= 0.6 is 35.4 Å². The molecule has 26 heavy (non-hydrogen) atoms. The summed E-state index contributed by atoms with van der Waals surface area (Å²) in [6.07, 6.45) is 5.17. The van der Waals surface area contributed by atoms with E-state index in [1.54, 1.807) is 47.5 Å². The molecule has 0 aliphatic carbocycles. The maximum atomic E-state index is 13.1. The van der Waals surface area contributed by atoms with Crippen LogP contribution in [-0.2, 0) is 6.54 Å². The Balaban J connectivity index is 1.88. The average Bonchev–Trinajstić information content (AvgIpc) is 3.17. The summed E-state index contributed by atoms with van der Waals surface area (Å²) < 4.78 is 7.05. The average molecular weight is 406 g/mol. The monoisotopic (exact) mass is 405 g/mol. The number of halogens is 2. The van der Waals surface area contributed by atoms with Gasteiger partial charge in [-0.2, -0.15) is 4.57 Å². The van der Waals surface area contributed by atoms with E-state index in [-0.39, 0.29) is 5.78 Å². The number of hydrogen-bond donors (Lipinski definition) is 1. The van der Waals surface area contributed by atoms with E-state index in [1.165, 1.54) is 0 Å². The minimum absolute atomic E-state index is 0.184. The largest absolute Gasteiger partial charge is 0.467 e. The number of hydrogen-bond acceptors (Lipinski definition) is 3. The zero-order valence-corrected chi connectivity index (χ0v) is 15.9. The minimum Gasteiger partial charge on any atom is -0.467 e. The van der Waals surface area contributed by atoms with Gasteiger partial charge in [-0.25, -0.2) is 0 Å². The molecule has 0 bridgehead atoms. The number of thiocarbonyl (C=S) groups is 1. The van der Waals surface area contributed by atoms with Crippen LogP contribution in [0.1, 0.15) is 22.2 Å². The smallest absolute Gasteiger partial charge is 0.270 e. The molecular formula is C19H15Cl2N2O2S+. The highest BCUT2D eigenvalue weighted by Gasteiger charge is 2.33.